The van der Waals surface area contributed by atoms with Crippen LogP contribution in [0.1, 0.15) is 15.9 Å². The van der Waals surface area contributed by atoms with Gasteiger partial charge in [0.25, 0.3) is 0 Å². The van der Waals surface area contributed by atoms with Gasteiger partial charge in [-0.3, -0.25) is 0 Å². The molecule has 0 spiro atoms. The van der Waals surface area contributed by atoms with Gasteiger partial charge in [0.2, 0.25) is 0 Å². The first-order chi connectivity index (χ1) is 7.22. The first kappa shape index (κ1) is 9.99. The fraction of sp³-hybridized carbons (Fsp3) is 0.0833. The van der Waals surface area contributed by atoms with E-state index in [1.807, 2.05) is 18.2 Å². The van der Waals surface area contributed by atoms with Crippen molar-refractivity contribution in [3.63, 3.8) is 0 Å². The lowest BCUT2D eigenvalue weighted by Crippen LogP contribution is -1.96. The Morgan fingerprint density at radius 3 is 2.73 bits per heavy atom. The molecule has 0 saturated heterocycles. The van der Waals surface area contributed by atoms with Gasteiger partial charge >= 0.3 is 5.97 Å². The molecular weight excluding hydrogens is 212 g/mol. The smallest absolute Gasteiger partial charge is 0.335 e. The number of carboxylic acid groups (broad SMARTS) is 1. The van der Waals surface area contributed by atoms with Crippen molar-refractivity contribution in [3.8, 4) is 0 Å². The molecule has 0 saturated carbocycles. The number of aromatic carboxylic acids is 1. The lowest BCUT2D eigenvalue weighted by Gasteiger charge is -2.04. The summed E-state index contributed by atoms with van der Waals surface area (Å²) in [5.41, 5.74) is 1.25. The molecule has 0 bridgehead atoms. The van der Waals surface area contributed by atoms with Crippen molar-refractivity contribution < 1.29 is 9.90 Å². The molecule has 0 amide bonds. The summed E-state index contributed by atoms with van der Waals surface area (Å²) in [5.74, 6) is -0.526. The molecule has 1 N–H and O–H groups in total. The van der Waals surface area contributed by atoms with E-state index < -0.39 is 5.97 Å². The molecule has 0 aliphatic heterocycles. The molecule has 3 heteroatoms. The molecule has 2 aromatic carbocycles. The van der Waals surface area contributed by atoms with Crippen molar-refractivity contribution in [1.29, 1.82) is 0 Å². The van der Waals surface area contributed by atoms with Gasteiger partial charge in [0, 0.05) is 5.88 Å². The highest BCUT2D eigenvalue weighted by Crippen LogP contribution is 2.21. The number of hydrogen-bond acceptors (Lipinski definition) is 1. The zero-order chi connectivity index (χ0) is 10.8. The number of halogens is 1. The number of alkyl halides is 1. The highest BCUT2D eigenvalue weighted by atomic mass is 35.5. The topological polar surface area (TPSA) is 37.3 Å². The Morgan fingerprint density at radius 2 is 2.07 bits per heavy atom. The Hall–Kier alpha value is -1.54. The Bertz CT molecular complexity index is 520. The lowest BCUT2D eigenvalue weighted by molar-refractivity contribution is 0.0697. The Morgan fingerprint density at radius 1 is 1.27 bits per heavy atom. The van der Waals surface area contributed by atoms with Crippen molar-refractivity contribution in [3.05, 3.63) is 47.5 Å². The normalized spacial score (nSPS) is 10.5. The molecule has 2 aromatic rings. The highest BCUT2D eigenvalue weighted by molar-refractivity contribution is 6.18. The van der Waals surface area contributed by atoms with Crippen molar-refractivity contribution in [2.24, 2.45) is 0 Å². The summed E-state index contributed by atoms with van der Waals surface area (Å²) in [5, 5.41) is 10.8. The monoisotopic (exact) mass is 220 g/mol. The zero-order valence-electron chi connectivity index (χ0n) is 7.90. The first-order valence-corrected chi connectivity index (χ1v) is 5.07. The van der Waals surface area contributed by atoms with Crippen LogP contribution in [-0.2, 0) is 5.88 Å². The van der Waals surface area contributed by atoms with Crippen molar-refractivity contribution >= 4 is 28.3 Å². The number of fused-ring (bicyclic) bond motifs is 1. The minimum absolute atomic E-state index is 0.292. The van der Waals surface area contributed by atoms with Gasteiger partial charge in [0.15, 0.2) is 0 Å². The molecule has 0 fully saturated rings. The summed E-state index contributed by atoms with van der Waals surface area (Å²) < 4.78 is 0. The van der Waals surface area contributed by atoms with Crippen LogP contribution in [0.3, 0.4) is 0 Å². The van der Waals surface area contributed by atoms with Crippen LogP contribution in [0, 0.1) is 0 Å². The van der Waals surface area contributed by atoms with E-state index in [-0.39, 0.29) is 0 Å². The van der Waals surface area contributed by atoms with Crippen LogP contribution in [-0.4, -0.2) is 11.1 Å². The molecule has 2 nitrogen and oxygen atoms in total. The number of benzene rings is 2. The highest BCUT2D eigenvalue weighted by Gasteiger charge is 2.05. The van der Waals surface area contributed by atoms with E-state index in [1.54, 1.807) is 18.2 Å². The van der Waals surface area contributed by atoms with E-state index in [9.17, 15) is 4.79 Å². The third-order valence-electron chi connectivity index (χ3n) is 2.36. The van der Waals surface area contributed by atoms with E-state index in [4.69, 9.17) is 16.7 Å². The maximum absolute atomic E-state index is 10.8. The molecule has 0 aliphatic carbocycles. The zero-order valence-corrected chi connectivity index (χ0v) is 8.66. The van der Waals surface area contributed by atoms with Gasteiger partial charge in [-0.15, -0.1) is 11.6 Å². The van der Waals surface area contributed by atoms with Crippen LogP contribution in [0.2, 0.25) is 0 Å². The molecule has 0 radical (unpaired) electrons. The second-order valence-electron chi connectivity index (χ2n) is 3.29. The fourth-order valence-corrected chi connectivity index (χ4v) is 1.82. The predicted molar refractivity (Wildman–Crippen MR) is 60.5 cm³/mol. The first-order valence-electron chi connectivity index (χ1n) is 4.53. The van der Waals surface area contributed by atoms with Crippen LogP contribution in [0.15, 0.2) is 36.4 Å². The standard InChI is InChI=1S/C12H9ClO2/c13-7-10-3-1-2-8-4-5-9(12(14)15)6-11(8)10/h1-6H,7H2,(H,14,15). The quantitative estimate of drug-likeness (QED) is 0.789. The van der Waals surface area contributed by atoms with Crippen molar-refractivity contribution in [2.75, 3.05) is 0 Å². The minimum atomic E-state index is -0.915. The maximum Gasteiger partial charge on any atom is 0.335 e. The number of rotatable bonds is 2. The van der Waals surface area contributed by atoms with E-state index in [0.717, 1.165) is 16.3 Å². The summed E-state index contributed by atoms with van der Waals surface area (Å²) in [6.07, 6.45) is 0. The largest absolute Gasteiger partial charge is 0.478 e. The van der Waals surface area contributed by atoms with Crippen molar-refractivity contribution in [2.45, 2.75) is 5.88 Å². The van der Waals surface area contributed by atoms with Gasteiger partial charge in [0.05, 0.1) is 5.56 Å². The number of carbonyl (C=O) groups is 1. The summed E-state index contributed by atoms with van der Waals surface area (Å²) in [6, 6.07) is 10.8. The SMILES string of the molecule is O=C(O)c1ccc2cccc(CCl)c2c1. The Balaban J connectivity index is 2.72. The minimum Gasteiger partial charge on any atom is -0.478 e. The summed E-state index contributed by atoms with van der Waals surface area (Å²) >= 11 is 5.79. The van der Waals surface area contributed by atoms with Crippen LogP contribution in [0.25, 0.3) is 10.8 Å². The molecule has 0 aliphatic rings. The second kappa shape index (κ2) is 3.91. The number of carboxylic acids is 1. The third-order valence-corrected chi connectivity index (χ3v) is 2.65. The van der Waals surface area contributed by atoms with Gasteiger partial charge in [-0.2, -0.15) is 0 Å². The van der Waals surface area contributed by atoms with Gasteiger partial charge in [0.1, 0.15) is 0 Å². The van der Waals surface area contributed by atoms with E-state index in [1.165, 1.54) is 0 Å². The van der Waals surface area contributed by atoms with E-state index in [0.29, 0.717) is 11.4 Å². The fourth-order valence-electron chi connectivity index (χ4n) is 1.59. The number of hydrogen-bond donors (Lipinski definition) is 1. The average molecular weight is 221 g/mol. The van der Waals surface area contributed by atoms with E-state index in [2.05, 4.69) is 0 Å². The summed E-state index contributed by atoms with van der Waals surface area (Å²) in [7, 11) is 0. The molecule has 0 unspecified atom stereocenters. The average Bonchev–Trinajstić information content (AvgIpc) is 2.27. The molecule has 2 rings (SSSR count). The van der Waals surface area contributed by atoms with Gasteiger partial charge in [-0.1, -0.05) is 24.3 Å². The molecule has 76 valence electrons. The van der Waals surface area contributed by atoms with E-state index >= 15 is 0 Å². The Labute approximate surface area is 92.1 Å². The van der Waals surface area contributed by atoms with Gasteiger partial charge < -0.3 is 5.11 Å². The third kappa shape index (κ3) is 1.81. The maximum atomic E-state index is 10.8. The molecule has 15 heavy (non-hydrogen) atoms. The lowest BCUT2D eigenvalue weighted by atomic mass is 10.0. The predicted octanol–water partition coefficient (Wildman–Crippen LogP) is 3.28. The van der Waals surface area contributed by atoms with Crippen LogP contribution >= 0.6 is 11.6 Å². The van der Waals surface area contributed by atoms with Crippen LogP contribution in [0.4, 0.5) is 0 Å². The summed E-state index contributed by atoms with van der Waals surface area (Å²) in [4.78, 5) is 10.8. The molecule has 0 aromatic heterocycles. The summed E-state index contributed by atoms with van der Waals surface area (Å²) in [6.45, 7) is 0. The molecule has 0 atom stereocenters. The van der Waals surface area contributed by atoms with Crippen LogP contribution < -0.4 is 0 Å². The molecular formula is C12H9ClO2. The second-order valence-corrected chi connectivity index (χ2v) is 3.56. The van der Waals surface area contributed by atoms with Crippen LogP contribution in [0.5, 0.6) is 0 Å². The van der Waals surface area contributed by atoms with Gasteiger partial charge in [-0.25, -0.2) is 4.79 Å². The van der Waals surface area contributed by atoms with Gasteiger partial charge in [-0.05, 0) is 28.5 Å². The Kier molecular flexibility index (Phi) is 2.60. The molecule has 0 heterocycles. The van der Waals surface area contributed by atoms with Crippen molar-refractivity contribution in [1.82, 2.24) is 0 Å².